The molecule has 0 amide bonds. The van der Waals surface area contributed by atoms with Crippen molar-refractivity contribution >= 4 is 11.6 Å². The van der Waals surface area contributed by atoms with Crippen molar-refractivity contribution < 1.29 is 35.1 Å². The first-order chi connectivity index (χ1) is 6.05. The molecule has 0 aromatic heterocycles. The second kappa shape index (κ2) is 3.92. The van der Waals surface area contributed by atoms with Gasteiger partial charge in [0.05, 0.1) is 0 Å². The van der Waals surface area contributed by atoms with Gasteiger partial charge in [-0.25, -0.2) is 4.39 Å². The monoisotopic (exact) mass is 248 g/mol. The summed E-state index contributed by atoms with van der Waals surface area (Å²) < 4.78 is 94.4. The van der Waals surface area contributed by atoms with Crippen LogP contribution in [0.4, 0.5) is 35.1 Å². The van der Waals surface area contributed by atoms with E-state index >= 15 is 0 Å². The molecule has 0 spiro atoms. The first-order valence-corrected chi connectivity index (χ1v) is 3.23. The lowest BCUT2D eigenvalue weighted by Gasteiger charge is -2.24. The summed E-state index contributed by atoms with van der Waals surface area (Å²) >= 11 is 3.97. The van der Waals surface area contributed by atoms with Gasteiger partial charge < -0.3 is 0 Å². The van der Waals surface area contributed by atoms with Crippen molar-refractivity contribution in [3.8, 4) is 0 Å². The molecule has 1 unspecified atom stereocenters. The van der Waals surface area contributed by atoms with Crippen LogP contribution in [0.1, 0.15) is 0 Å². The van der Waals surface area contributed by atoms with Gasteiger partial charge in [-0.1, -0.05) is 11.6 Å². The molecule has 0 aromatic rings. The highest BCUT2D eigenvalue weighted by atomic mass is 35.5. The quantitative estimate of drug-likeness (QED) is 0.525. The number of halogens is 9. The Labute approximate surface area is 77.1 Å². The number of allylic oxidation sites excluding steroid dienone is 1. The Hall–Kier alpha value is -0.530. The minimum absolute atomic E-state index is 3.66. The Morgan fingerprint density at radius 1 is 1.00 bits per heavy atom. The lowest BCUT2D eigenvalue weighted by molar-refractivity contribution is -0.213. The standard InChI is InChI=1S/C5HClF8/c6-3(10)5(13,14)4(11,12)1(7)2(8)9/h3H. The van der Waals surface area contributed by atoms with Gasteiger partial charge in [-0.3, -0.25) is 0 Å². The number of alkyl halides is 6. The van der Waals surface area contributed by atoms with E-state index in [1.54, 1.807) is 0 Å². The predicted octanol–water partition coefficient (Wildman–Crippen LogP) is 3.87. The summed E-state index contributed by atoms with van der Waals surface area (Å²) in [4.78, 5) is 0. The molecule has 0 aliphatic rings. The van der Waals surface area contributed by atoms with Crippen LogP contribution in [0.25, 0.3) is 0 Å². The minimum Gasteiger partial charge on any atom is -0.223 e. The second-order valence-corrected chi connectivity index (χ2v) is 2.46. The Morgan fingerprint density at radius 2 is 1.36 bits per heavy atom. The molecular weight excluding hydrogens is 247 g/mol. The molecule has 0 fully saturated rings. The summed E-state index contributed by atoms with van der Waals surface area (Å²) in [6.07, 6.45) is -3.66. The van der Waals surface area contributed by atoms with Crippen LogP contribution in [0, 0.1) is 0 Å². The van der Waals surface area contributed by atoms with Gasteiger partial charge in [-0.05, 0) is 0 Å². The smallest absolute Gasteiger partial charge is 0.223 e. The Morgan fingerprint density at radius 3 is 1.57 bits per heavy atom. The van der Waals surface area contributed by atoms with Crippen LogP contribution in [0.3, 0.4) is 0 Å². The molecule has 1 atom stereocenters. The van der Waals surface area contributed by atoms with Crippen molar-refractivity contribution in [1.29, 1.82) is 0 Å². The zero-order valence-corrected chi connectivity index (χ0v) is 6.73. The summed E-state index contributed by atoms with van der Waals surface area (Å²) in [6, 6.07) is 0. The minimum atomic E-state index is -5.98. The molecule has 0 bridgehead atoms. The van der Waals surface area contributed by atoms with Crippen molar-refractivity contribution in [3.05, 3.63) is 11.9 Å². The van der Waals surface area contributed by atoms with Crippen LogP contribution < -0.4 is 0 Å². The molecule has 0 N–H and O–H groups in total. The van der Waals surface area contributed by atoms with Crippen LogP contribution >= 0.6 is 11.6 Å². The molecule has 0 saturated carbocycles. The summed E-state index contributed by atoms with van der Waals surface area (Å²) in [7, 11) is 0. The molecule has 0 heterocycles. The first kappa shape index (κ1) is 13.5. The average molecular weight is 248 g/mol. The fourth-order valence-electron chi connectivity index (χ4n) is 0.402. The molecule has 0 saturated heterocycles. The van der Waals surface area contributed by atoms with Gasteiger partial charge in [-0.2, -0.15) is 30.7 Å². The summed E-state index contributed by atoms with van der Waals surface area (Å²) in [6.45, 7) is 0. The maximum atomic E-state index is 12.1. The van der Waals surface area contributed by atoms with E-state index in [2.05, 4.69) is 11.6 Å². The summed E-state index contributed by atoms with van der Waals surface area (Å²) in [5, 5.41) is 0. The lowest BCUT2D eigenvalue weighted by Crippen LogP contribution is -2.46. The normalized spacial score (nSPS) is 15.2. The molecule has 0 aliphatic heterocycles. The SMILES string of the molecule is FC(F)=C(F)C(F)(F)C(F)(F)C(F)Cl. The average Bonchev–Trinajstić information content (AvgIpc) is 2.01. The van der Waals surface area contributed by atoms with E-state index < -0.39 is 29.4 Å². The molecular formula is C5HClF8. The molecule has 0 rings (SSSR count). The fraction of sp³-hybridized carbons (Fsp3) is 0.600. The Kier molecular flexibility index (Phi) is 3.77. The van der Waals surface area contributed by atoms with E-state index in [1.807, 2.05) is 0 Å². The largest absolute Gasteiger partial charge is 0.370 e. The molecule has 84 valence electrons. The van der Waals surface area contributed by atoms with Crippen molar-refractivity contribution in [1.82, 2.24) is 0 Å². The van der Waals surface area contributed by atoms with Crippen LogP contribution in [0.2, 0.25) is 0 Å². The molecule has 14 heavy (non-hydrogen) atoms. The van der Waals surface area contributed by atoms with Crippen LogP contribution in [-0.4, -0.2) is 17.5 Å². The topological polar surface area (TPSA) is 0 Å². The van der Waals surface area contributed by atoms with Gasteiger partial charge in [0.15, 0.2) is 0 Å². The molecule has 0 aliphatic carbocycles. The third-order valence-corrected chi connectivity index (χ3v) is 1.41. The van der Waals surface area contributed by atoms with Crippen molar-refractivity contribution in [2.75, 3.05) is 0 Å². The number of hydrogen-bond donors (Lipinski definition) is 0. The maximum Gasteiger partial charge on any atom is 0.370 e. The van der Waals surface area contributed by atoms with Gasteiger partial charge in [-0.15, -0.1) is 0 Å². The van der Waals surface area contributed by atoms with Gasteiger partial charge in [0.1, 0.15) is 0 Å². The fourth-order valence-corrected chi connectivity index (χ4v) is 0.539. The van der Waals surface area contributed by atoms with Crippen molar-refractivity contribution in [3.63, 3.8) is 0 Å². The summed E-state index contributed by atoms with van der Waals surface area (Å²) in [5.74, 6) is -15.4. The van der Waals surface area contributed by atoms with E-state index in [9.17, 15) is 35.1 Å². The predicted molar refractivity (Wildman–Crippen MR) is 31.0 cm³/mol. The maximum absolute atomic E-state index is 12.1. The number of hydrogen-bond acceptors (Lipinski definition) is 0. The molecule has 9 heteroatoms. The Balaban J connectivity index is 5.26. The van der Waals surface area contributed by atoms with E-state index in [4.69, 9.17) is 0 Å². The highest BCUT2D eigenvalue weighted by molar-refractivity contribution is 6.20. The van der Waals surface area contributed by atoms with Gasteiger partial charge in [0.25, 0.3) is 0 Å². The summed E-state index contributed by atoms with van der Waals surface area (Å²) in [5.41, 5.74) is -3.98. The van der Waals surface area contributed by atoms with Gasteiger partial charge in [0.2, 0.25) is 11.5 Å². The van der Waals surface area contributed by atoms with Crippen molar-refractivity contribution in [2.45, 2.75) is 17.5 Å². The van der Waals surface area contributed by atoms with Gasteiger partial charge >= 0.3 is 17.9 Å². The van der Waals surface area contributed by atoms with E-state index in [0.29, 0.717) is 0 Å². The Bertz CT molecular complexity index is 240. The van der Waals surface area contributed by atoms with Crippen LogP contribution in [0.5, 0.6) is 0 Å². The van der Waals surface area contributed by atoms with E-state index in [1.165, 1.54) is 0 Å². The highest BCUT2D eigenvalue weighted by Crippen LogP contribution is 2.46. The molecule has 0 nitrogen and oxygen atoms in total. The van der Waals surface area contributed by atoms with Crippen molar-refractivity contribution in [2.24, 2.45) is 0 Å². The third kappa shape index (κ3) is 2.10. The third-order valence-electron chi connectivity index (χ3n) is 1.13. The van der Waals surface area contributed by atoms with E-state index in [0.717, 1.165) is 0 Å². The van der Waals surface area contributed by atoms with Crippen LogP contribution in [0.15, 0.2) is 11.9 Å². The zero-order chi connectivity index (χ0) is 11.7. The van der Waals surface area contributed by atoms with Crippen LogP contribution in [-0.2, 0) is 0 Å². The first-order valence-electron chi connectivity index (χ1n) is 2.80. The zero-order valence-electron chi connectivity index (χ0n) is 5.98. The highest BCUT2D eigenvalue weighted by Gasteiger charge is 2.66. The van der Waals surface area contributed by atoms with E-state index in [-0.39, 0.29) is 0 Å². The molecule has 0 aromatic carbocycles. The number of rotatable bonds is 3. The lowest BCUT2D eigenvalue weighted by atomic mass is 10.1. The second-order valence-electron chi connectivity index (χ2n) is 2.07. The molecule has 0 radical (unpaired) electrons. The van der Waals surface area contributed by atoms with Gasteiger partial charge in [0, 0.05) is 0 Å².